The van der Waals surface area contributed by atoms with Crippen molar-refractivity contribution in [2.24, 2.45) is 0 Å². The second-order valence-electron chi connectivity index (χ2n) is 8.35. The summed E-state index contributed by atoms with van der Waals surface area (Å²) in [5.74, 6) is -0.161. The zero-order valence-corrected chi connectivity index (χ0v) is 17.5. The lowest BCUT2D eigenvalue weighted by Crippen LogP contribution is -2.42. The summed E-state index contributed by atoms with van der Waals surface area (Å²) >= 11 is 0. The van der Waals surface area contributed by atoms with Gasteiger partial charge in [-0.1, -0.05) is 12.1 Å². The summed E-state index contributed by atoms with van der Waals surface area (Å²) in [5.41, 5.74) is 2.95. The molecular weight excluding hydrogens is 371 g/mol. The molecule has 1 amide bonds. The Hall–Kier alpha value is -2.25. The molecule has 3 rings (SSSR count). The smallest absolute Gasteiger partial charge is 0.227 e. The largest absolute Gasteiger partial charge is 0.388 e. The Morgan fingerprint density at radius 1 is 1.28 bits per heavy atom. The van der Waals surface area contributed by atoms with Crippen molar-refractivity contribution in [1.82, 2.24) is 20.0 Å². The molecule has 1 atom stereocenters. The molecule has 7 heteroatoms. The van der Waals surface area contributed by atoms with E-state index in [-0.39, 0.29) is 11.7 Å². The van der Waals surface area contributed by atoms with Gasteiger partial charge in [-0.2, -0.15) is 5.10 Å². The first-order valence-electron chi connectivity index (χ1n) is 10.2. The second-order valence-corrected chi connectivity index (χ2v) is 8.35. The third-order valence-electron chi connectivity index (χ3n) is 5.81. The maximum absolute atomic E-state index is 13.1. The van der Waals surface area contributed by atoms with Gasteiger partial charge in [0.2, 0.25) is 5.91 Å². The van der Waals surface area contributed by atoms with Gasteiger partial charge < -0.3 is 10.0 Å². The molecule has 29 heavy (non-hydrogen) atoms. The number of amides is 1. The Bertz CT molecular complexity index is 816. The molecular formula is C22H31FN4O2. The van der Waals surface area contributed by atoms with Crippen LogP contribution in [-0.2, 0) is 17.8 Å². The third kappa shape index (κ3) is 5.64. The van der Waals surface area contributed by atoms with Crippen LogP contribution in [0.3, 0.4) is 0 Å². The molecule has 1 aliphatic heterocycles. The number of likely N-dealkylation sites (N-methyl/N-ethyl adjacent to an activating group) is 1. The first-order chi connectivity index (χ1) is 13.8. The quantitative estimate of drug-likeness (QED) is 0.779. The number of hydrogen-bond acceptors (Lipinski definition) is 4. The van der Waals surface area contributed by atoms with Crippen LogP contribution in [0.25, 0.3) is 0 Å². The number of carbonyl (C=O) groups excluding carboxylic acids is 1. The molecule has 1 aromatic carbocycles. The molecule has 1 unspecified atom stereocenters. The second kappa shape index (κ2) is 9.05. The Morgan fingerprint density at radius 3 is 2.66 bits per heavy atom. The standard InChI is InChI=1S/C22H31FN4O2/c1-16-20(17(2)25-24-16)13-21(28)27-11-4-9-22(29,10-12-27)15-26(3)14-18-5-7-19(23)8-6-18/h5-8,29H,4,9-15H2,1-3H3,(H,24,25). The van der Waals surface area contributed by atoms with Crippen LogP contribution in [0.4, 0.5) is 4.39 Å². The predicted molar refractivity (Wildman–Crippen MR) is 110 cm³/mol. The van der Waals surface area contributed by atoms with E-state index < -0.39 is 5.60 Å². The first kappa shape index (κ1) is 21.5. The van der Waals surface area contributed by atoms with Gasteiger partial charge in [0.1, 0.15) is 5.82 Å². The fourth-order valence-electron chi connectivity index (χ4n) is 4.14. The zero-order chi connectivity index (χ0) is 21.0. The van der Waals surface area contributed by atoms with Crippen LogP contribution in [0.5, 0.6) is 0 Å². The molecule has 1 aliphatic rings. The van der Waals surface area contributed by atoms with Gasteiger partial charge in [0.25, 0.3) is 0 Å². The lowest BCUT2D eigenvalue weighted by molar-refractivity contribution is -0.130. The highest BCUT2D eigenvalue weighted by Crippen LogP contribution is 2.25. The number of halogens is 1. The van der Waals surface area contributed by atoms with Crippen LogP contribution in [0, 0.1) is 19.7 Å². The van der Waals surface area contributed by atoms with E-state index in [2.05, 4.69) is 15.1 Å². The van der Waals surface area contributed by atoms with Gasteiger partial charge in [-0.15, -0.1) is 0 Å². The number of carbonyl (C=O) groups is 1. The molecule has 0 saturated carbocycles. The maximum atomic E-state index is 13.1. The number of nitrogens with one attached hydrogen (secondary N) is 1. The van der Waals surface area contributed by atoms with E-state index in [0.29, 0.717) is 45.4 Å². The van der Waals surface area contributed by atoms with Crippen molar-refractivity contribution < 1.29 is 14.3 Å². The summed E-state index contributed by atoms with van der Waals surface area (Å²) in [5, 5.41) is 18.2. The molecule has 1 aromatic heterocycles. The Kier molecular flexibility index (Phi) is 6.70. The number of aryl methyl sites for hydroxylation is 2. The Morgan fingerprint density at radius 2 is 2.00 bits per heavy atom. The number of aromatic nitrogens is 2. The molecule has 0 spiro atoms. The van der Waals surface area contributed by atoms with Gasteiger partial charge in [0.15, 0.2) is 0 Å². The fourth-order valence-corrected chi connectivity index (χ4v) is 4.14. The summed E-state index contributed by atoms with van der Waals surface area (Å²) in [6.07, 6.45) is 2.33. The lowest BCUT2D eigenvalue weighted by atomic mass is 9.94. The molecule has 2 heterocycles. The van der Waals surface area contributed by atoms with Crippen LogP contribution >= 0.6 is 0 Å². The minimum atomic E-state index is -0.828. The van der Waals surface area contributed by atoms with Crippen LogP contribution in [0.15, 0.2) is 24.3 Å². The average Bonchev–Trinajstić information content (AvgIpc) is 2.87. The van der Waals surface area contributed by atoms with Crippen LogP contribution in [0.1, 0.15) is 41.8 Å². The highest BCUT2D eigenvalue weighted by atomic mass is 19.1. The Balaban J connectivity index is 1.55. The summed E-state index contributed by atoms with van der Waals surface area (Å²) in [4.78, 5) is 16.7. The number of hydrogen-bond donors (Lipinski definition) is 2. The summed E-state index contributed by atoms with van der Waals surface area (Å²) in [7, 11) is 1.96. The first-order valence-corrected chi connectivity index (χ1v) is 10.2. The van der Waals surface area contributed by atoms with E-state index in [4.69, 9.17) is 0 Å². The highest BCUT2D eigenvalue weighted by Gasteiger charge is 2.32. The SMILES string of the molecule is Cc1n[nH]c(C)c1CC(=O)N1CCCC(O)(CN(C)Cc2ccc(F)cc2)CC1. The molecule has 6 nitrogen and oxygen atoms in total. The average molecular weight is 403 g/mol. The molecule has 158 valence electrons. The number of aliphatic hydroxyl groups is 1. The molecule has 0 radical (unpaired) electrons. The summed E-state index contributed by atoms with van der Waals surface area (Å²) < 4.78 is 13.1. The molecule has 1 saturated heterocycles. The number of aromatic amines is 1. The van der Waals surface area contributed by atoms with Gasteiger partial charge in [-0.05, 0) is 57.9 Å². The van der Waals surface area contributed by atoms with Gasteiger partial charge in [0.05, 0.1) is 17.7 Å². The molecule has 2 N–H and O–H groups in total. The number of rotatable bonds is 6. The number of benzene rings is 1. The molecule has 0 aliphatic carbocycles. The van der Waals surface area contributed by atoms with Crippen LogP contribution in [-0.4, -0.2) is 63.3 Å². The third-order valence-corrected chi connectivity index (χ3v) is 5.81. The number of H-pyrrole nitrogens is 1. The van der Waals surface area contributed by atoms with Crippen molar-refractivity contribution in [3.8, 4) is 0 Å². The van der Waals surface area contributed by atoms with E-state index in [1.54, 1.807) is 12.1 Å². The normalized spacial score (nSPS) is 20.1. The number of likely N-dealkylation sites (tertiary alicyclic amines) is 1. The number of nitrogens with zero attached hydrogens (tertiary/aromatic N) is 3. The highest BCUT2D eigenvalue weighted by molar-refractivity contribution is 5.79. The predicted octanol–water partition coefficient (Wildman–Crippen LogP) is 2.58. The van der Waals surface area contributed by atoms with Crippen LogP contribution in [0.2, 0.25) is 0 Å². The van der Waals surface area contributed by atoms with Crippen molar-refractivity contribution in [1.29, 1.82) is 0 Å². The van der Waals surface area contributed by atoms with Crippen molar-refractivity contribution in [2.45, 2.75) is 51.7 Å². The van der Waals surface area contributed by atoms with Crippen molar-refractivity contribution in [3.63, 3.8) is 0 Å². The van der Waals surface area contributed by atoms with Gasteiger partial charge in [-0.3, -0.25) is 14.8 Å². The molecule has 0 bridgehead atoms. The van der Waals surface area contributed by atoms with E-state index in [1.165, 1.54) is 12.1 Å². The van der Waals surface area contributed by atoms with Crippen LogP contribution < -0.4 is 0 Å². The van der Waals surface area contributed by atoms with Crippen molar-refractivity contribution in [2.75, 3.05) is 26.7 Å². The topological polar surface area (TPSA) is 72.5 Å². The Labute approximate surface area is 171 Å². The maximum Gasteiger partial charge on any atom is 0.227 e. The monoisotopic (exact) mass is 402 g/mol. The van der Waals surface area contributed by atoms with Gasteiger partial charge in [-0.25, -0.2) is 4.39 Å². The lowest BCUT2D eigenvalue weighted by Gasteiger charge is -2.31. The van der Waals surface area contributed by atoms with Gasteiger partial charge in [0, 0.05) is 37.4 Å². The van der Waals surface area contributed by atoms with Crippen molar-refractivity contribution in [3.05, 3.63) is 52.6 Å². The van der Waals surface area contributed by atoms with Gasteiger partial charge >= 0.3 is 0 Å². The molecule has 2 aromatic rings. The van der Waals surface area contributed by atoms with E-state index in [9.17, 15) is 14.3 Å². The summed E-state index contributed by atoms with van der Waals surface area (Å²) in [6.45, 7) is 6.22. The van der Waals surface area contributed by atoms with E-state index in [0.717, 1.165) is 28.9 Å². The zero-order valence-electron chi connectivity index (χ0n) is 17.5. The fraction of sp³-hybridized carbons (Fsp3) is 0.545. The minimum Gasteiger partial charge on any atom is -0.388 e. The van der Waals surface area contributed by atoms with E-state index >= 15 is 0 Å². The summed E-state index contributed by atoms with van der Waals surface area (Å²) in [6, 6.07) is 6.44. The minimum absolute atomic E-state index is 0.0847. The van der Waals surface area contributed by atoms with Crippen molar-refractivity contribution >= 4 is 5.91 Å². The molecule has 1 fully saturated rings. The van der Waals surface area contributed by atoms with E-state index in [1.807, 2.05) is 25.8 Å².